The Balaban J connectivity index is 1.81. The second-order valence-electron chi connectivity index (χ2n) is 5.59. The number of para-hydroxylation sites is 1. The highest BCUT2D eigenvalue weighted by atomic mass is 16.5. The largest absolute Gasteiger partial charge is 0.377 e. The van der Waals surface area contributed by atoms with Crippen molar-refractivity contribution >= 4 is 11.6 Å². The first-order chi connectivity index (χ1) is 10.3. The topological polar surface area (TPSA) is 50.4 Å². The zero-order valence-electron chi connectivity index (χ0n) is 12.9. The molecule has 1 fully saturated rings. The van der Waals surface area contributed by atoms with Gasteiger partial charge in [0.15, 0.2) is 0 Å². The molecule has 0 saturated carbocycles. The van der Waals surface area contributed by atoms with Gasteiger partial charge in [0.2, 0.25) is 5.91 Å². The summed E-state index contributed by atoms with van der Waals surface area (Å²) in [4.78, 5) is 12.1. The van der Waals surface area contributed by atoms with Crippen molar-refractivity contribution in [1.82, 2.24) is 5.32 Å². The van der Waals surface area contributed by atoms with Gasteiger partial charge < -0.3 is 15.4 Å². The lowest BCUT2D eigenvalue weighted by molar-refractivity contribution is -0.116. The highest BCUT2D eigenvalue weighted by Gasteiger charge is 2.15. The van der Waals surface area contributed by atoms with Gasteiger partial charge in [-0.25, -0.2) is 0 Å². The Morgan fingerprint density at radius 1 is 1.43 bits per heavy atom. The van der Waals surface area contributed by atoms with Crippen molar-refractivity contribution < 1.29 is 9.53 Å². The van der Waals surface area contributed by atoms with Gasteiger partial charge in [0.05, 0.1) is 6.61 Å². The smallest absolute Gasteiger partial charge is 0.224 e. The van der Waals surface area contributed by atoms with E-state index >= 15 is 0 Å². The number of hydrogen-bond donors (Lipinski definition) is 2. The molecule has 21 heavy (non-hydrogen) atoms. The molecule has 0 bridgehead atoms. The first-order valence-electron chi connectivity index (χ1n) is 7.95. The molecular weight excluding hydrogens is 264 g/mol. The summed E-state index contributed by atoms with van der Waals surface area (Å²) in [5.74, 6) is 0.743. The predicted octanol–water partition coefficient (Wildman–Crippen LogP) is 2.94. The lowest BCUT2D eigenvalue weighted by Gasteiger charge is -2.22. The van der Waals surface area contributed by atoms with E-state index in [-0.39, 0.29) is 5.91 Å². The third-order valence-electron chi connectivity index (χ3n) is 3.93. The van der Waals surface area contributed by atoms with E-state index in [9.17, 15) is 4.79 Å². The molecule has 1 aliphatic heterocycles. The quantitative estimate of drug-likeness (QED) is 0.812. The van der Waals surface area contributed by atoms with Crippen molar-refractivity contribution in [2.24, 2.45) is 5.92 Å². The van der Waals surface area contributed by atoms with Crippen LogP contribution in [0.15, 0.2) is 24.3 Å². The van der Waals surface area contributed by atoms with Crippen LogP contribution in [-0.4, -0.2) is 25.6 Å². The van der Waals surface area contributed by atoms with E-state index in [0.29, 0.717) is 25.6 Å². The molecule has 0 radical (unpaired) electrons. The van der Waals surface area contributed by atoms with Crippen LogP contribution >= 0.6 is 0 Å². The maximum atomic E-state index is 12.1. The molecule has 0 spiro atoms. The van der Waals surface area contributed by atoms with E-state index < -0.39 is 0 Å². The van der Waals surface area contributed by atoms with Gasteiger partial charge in [-0.05, 0) is 51.3 Å². The van der Waals surface area contributed by atoms with Crippen LogP contribution in [0.2, 0.25) is 0 Å². The summed E-state index contributed by atoms with van der Waals surface area (Å²) in [7, 11) is 0. The van der Waals surface area contributed by atoms with Crippen LogP contribution in [-0.2, 0) is 16.1 Å². The summed E-state index contributed by atoms with van der Waals surface area (Å²) in [6, 6.07) is 7.85. The summed E-state index contributed by atoms with van der Waals surface area (Å²) >= 11 is 0. The van der Waals surface area contributed by atoms with Gasteiger partial charge in [0.25, 0.3) is 0 Å². The SMILES string of the molecule is CCOCc1ccccc1NC(=O)CCC1CCCNC1. The number of hydrogen-bond acceptors (Lipinski definition) is 3. The van der Waals surface area contributed by atoms with E-state index in [1.807, 2.05) is 31.2 Å². The van der Waals surface area contributed by atoms with Crippen LogP contribution in [0, 0.1) is 5.92 Å². The van der Waals surface area contributed by atoms with Crippen molar-refractivity contribution in [3.05, 3.63) is 29.8 Å². The molecule has 1 atom stereocenters. The Kier molecular flexibility index (Phi) is 6.70. The van der Waals surface area contributed by atoms with Crippen molar-refractivity contribution in [2.45, 2.75) is 39.2 Å². The maximum Gasteiger partial charge on any atom is 0.224 e. The number of anilines is 1. The number of amides is 1. The molecule has 4 heteroatoms. The summed E-state index contributed by atoms with van der Waals surface area (Å²) in [5.41, 5.74) is 1.91. The number of ether oxygens (including phenoxy) is 1. The van der Waals surface area contributed by atoms with Crippen molar-refractivity contribution in [3.63, 3.8) is 0 Å². The number of carbonyl (C=O) groups is 1. The minimum absolute atomic E-state index is 0.101. The molecule has 1 saturated heterocycles. The lowest BCUT2D eigenvalue weighted by atomic mass is 9.94. The summed E-state index contributed by atoms with van der Waals surface area (Å²) in [5, 5.41) is 6.41. The molecule has 1 aromatic carbocycles. The molecule has 1 amide bonds. The van der Waals surface area contributed by atoms with E-state index in [1.54, 1.807) is 0 Å². The monoisotopic (exact) mass is 290 g/mol. The van der Waals surface area contributed by atoms with E-state index in [4.69, 9.17) is 4.74 Å². The van der Waals surface area contributed by atoms with Gasteiger partial charge in [-0.3, -0.25) is 4.79 Å². The van der Waals surface area contributed by atoms with Gasteiger partial charge in [-0.1, -0.05) is 18.2 Å². The normalized spacial score (nSPS) is 18.4. The van der Waals surface area contributed by atoms with Crippen LogP contribution in [0.25, 0.3) is 0 Å². The fourth-order valence-corrected chi connectivity index (χ4v) is 2.70. The van der Waals surface area contributed by atoms with E-state index in [0.717, 1.165) is 30.8 Å². The average Bonchev–Trinajstić information content (AvgIpc) is 2.53. The highest BCUT2D eigenvalue weighted by molar-refractivity contribution is 5.91. The molecule has 0 aromatic heterocycles. The molecule has 116 valence electrons. The standard InChI is InChI=1S/C17H26N2O2/c1-2-21-13-15-7-3-4-8-16(15)19-17(20)10-9-14-6-5-11-18-12-14/h3-4,7-8,14,18H,2,5-6,9-13H2,1H3,(H,19,20). The number of rotatable bonds is 7. The lowest BCUT2D eigenvalue weighted by Crippen LogP contribution is -2.30. The molecule has 4 nitrogen and oxygen atoms in total. The fraction of sp³-hybridized carbons (Fsp3) is 0.588. The summed E-state index contributed by atoms with van der Waals surface area (Å²) in [6.07, 6.45) is 4.02. The second kappa shape index (κ2) is 8.80. The molecule has 1 aliphatic rings. The van der Waals surface area contributed by atoms with E-state index in [2.05, 4.69) is 10.6 Å². The number of nitrogens with one attached hydrogen (secondary N) is 2. The van der Waals surface area contributed by atoms with Crippen LogP contribution in [0.3, 0.4) is 0 Å². The maximum absolute atomic E-state index is 12.1. The van der Waals surface area contributed by atoms with Gasteiger partial charge in [-0.15, -0.1) is 0 Å². The van der Waals surface area contributed by atoms with Gasteiger partial charge in [-0.2, -0.15) is 0 Å². The molecule has 1 heterocycles. The summed E-state index contributed by atoms with van der Waals surface area (Å²) < 4.78 is 5.44. The van der Waals surface area contributed by atoms with Crippen LogP contribution in [0.1, 0.15) is 38.2 Å². The average molecular weight is 290 g/mol. The summed E-state index contributed by atoms with van der Waals surface area (Å²) in [6.45, 7) is 5.36. The van der Waals surface area contributed by atoms with Crippen molar-refractivity contribution in [1.29, 1.82) is 0 Å². The van der Waals surface area contributed by atoms with E-state index in [1.165, 1.54) is 12.8 Å². The van der Waals surface area contributed by atoms with Crippen LogP contribution in [0.4, 0.5) is 5.69 Å². The Morgan fingerprint density at radius 2 is 2.29 bits per heavy atom. The molecule has 0 aliphatic carbocycles. The molecular formula is C17H26N2O2. The van der Waals surface area contributed by atoms with Crippen LogP contribution in [0.5, 0.6) is 0 Å². The molecule has 2 N–H and O–H groups in total. The zero-order valence-corrected chi connectivity index (χ0v) is 12.9. The van der Waals surface area contributed by atoms with Crippen molar-refractivity contribution in [2.75, 3.05) is 25.0 Å². The predicted molar refractivity (Wildman–Crippen MR) is 85.2 cm³/mol. The first-order valence-corrected chi connectivity index (χ1v) is 7.95. The van der Waals surface area contributed by atoms with Crippen molar-refractivity contribution in [3.8, 4) is 0 Å². The highest BCUT2D eigenvalue weighted by Crippen LogP contribution is 2.19. The zero-order chi connectivity index (χ0) is 14.9. The Morgan fingerprint density at radius 3 is 3.05 bits per heavy atom. The van der Waals surface area contributed by atoms with Gasteiger partial charge in [0.1, 0.15) is 0 Å². The Bertz CT molecular complexity index is 442. The third kappa shape index (κ3) is 5.48. The second-order valence-corrected chi connectivity index (χ2v) is 5.59. The number of carbonyl (C=O) groups excluding carboxylic acids is 1. The molecule has 1 unspecified atom stereocenters. The fourth-order valence-electron chi connectivity index (χ4n) is 2.70. The Hall–Kier alpha value is -1.39. The Labute approximate surface area is 127 Å². The number of benzene rings is 1. The van der Waals surface area contributed by atoms with Gasteiger partial charge in [0, 0.05) is 24.3 Å². The van der Waals surface area contributed by atoms with Crippen LogP contribution < -0.4 is 10.6 Å². The minimum Gasteiger partial charge on any atom is -0.377 e. The first kappa shape index (κ1) is 16.0. The molecule has 2 rings (SSSR count). The third-order valence-corrected chi connectivity index (χ3v) is 3.93. The van der Waals surface area contributed by atoms with Gasteiger partial charge >= 0.3 is 0 Å². The minimum atomic E-state index is 0.101. The number of piperidine rings is 1. The molecule has 1 aromatic rings.